The molecule has 5 heteroatoms. The summed E-state index contributed by atoms with van der Waals surface area (Å²) in [6, 6.07) is 0. The molecule has 0 unspecified atom stereocenters. The van der Waals surface area contributed by atoms with Gasteiger partial charge in [-0.25, -0.2) is 0 Å². The van der Waals surface area contributed by atoms with Crippen molar-refractivity contribution in [1.29, 1.82) is 0 Å². The summed E-state index contributed by atoms with van der Waals surface area (Å²) in [5, 5.41) is 0. The zero-order chi connectivity index (χ0) is 7.71. The topological polar surface area (TPSA) is 38.4 Å². The van der Waals surface area contributed by atoms with E-state index < -0.39 is 11.8 Å². The maximum Gasteiger partial charge on any atom is 0.426 e. The minimum absolute atomic E-state index is 0.750. The lowest BCUT2D eigenvalue weighted by atomic mass is 10.2. The summed E-state index contributed by atoms with van der Waals surface area (Å²) in [5.41, 5.74) is 2.13. The summed E-state index contributed by atoms with van der Waals surface area (Å²) < 4.78 is 34.7. The predicted molar refractivity (Wildman–Crippen MR) is 28.2 cm³/mol. The number of nitrogens with two attached hydrogens (primary N) is 1. The fraction of sp³-hybridized carbons (Fsp3) is 0.750. The summed E-state index contributed by atoms with van der Waals surface area (Å²) in [6.45, 7) is 3.45. The molecule has 0 saturated heterocycles. The molecule has 0 aliphatic rings. The van der Waals surface area contributed by atoms with Crippen LogP contribution in [-0.4, -0.2) is 18.6 Å². The van der Waals surface area contributed by atoms with E-state index in [0.29, 0.717) is 0 Å². The van der Waals surface area contributed by atoms with Crippen LogP contribution in [0.25, 0.3) is 0 Å². The van der Waals surface area contributed by atoms with Crippen molar-refractivity contribution in [3.63, 3.8) is 0 Å². The van der Waals surface area contributed by atoms with Crippen LogP contribution < -0.4 is 5.73 Å². The van der Waals surface area contributed by atoms with Crippen LogP contribution in [0.3, 0.4) is 0 Å². The van der Waals surface area contributed by atoms with Gasteiger partial charge >= 0.3 is 6.18 Å². The van der Waals surface area contributed by atoms with E-state index in [1.165, 1.54) is 0 Å². The highest BCUT2D eigenvalue weighted by Crippen LogP contribution is 2.27. The van der Waals surface area contributed by atoms with Crippen LogP contribution >= 0.6 is 0 Å². The Kier molecular flexibility index (Phi) is 1.85. The molecular formula is C4H7F3N2. The van der Waals surface area contributed by atoms with Crippen LogP contribution in [0, 0.1) is 0 Å². The van der Waals surface area contributed by atoms with Gasteiger partial charge in [-0.3, -0.25) is 10.7 Å². The van der Waals surface area contributed by atoms with Gasteiger partial charge in [0, 0.05) is 0 Å². The number of halogens is 3. The minimum atomic E-state index is -4.51. The first-order valence-electron chi connectivity index (χ1n) is 2.15. The third-order valence-corrected chi connectivity index (χ3v) is 0.902. The molecule has 0 aromatic carbocycles. The van der Waals surface area contributed by atoms with Gasteiger partial charge in [-0.15, -0.1) is 0 Å². The monoisotopic (exact) mass is 140 g/mol. The number of rotatable bonds is 1. The lowest BCUT2D eigenvalue weighted by molar-refractivity contribution is -0.177. The number of alkyl halides is 3. The molecule has 9 heavy (non-hydrogen) atoms. The molecule has 2 nitrogen and oxygen atoms in total. The van der Waals surface area contributed by atoms with Gasteiger partial charge in [0.25, 0.3) is 0 Å². The Hall–Kier alpha value is -0.580. The SMILES string of the molecule is C=N[C@@](C)(N)C(F)(F)F. The summed E-state index contributed by atoms with van der Waals surface area (Å²) >= 11 is 0. The Morgan fingerprint density at radius 3 is 1.78 bits per heavy atom. The van der Waals surface area contributed by atoms with Gasteiger partial charge in [-0.2, -0.15) is 13.2 Å². The molecule has 0 bridgehead atoms. The van der Waals surface area contributed by atoms with E-state index in [2.05, 4.69) is 17.4 Å². The zero-order valence-corrected chi connectivity index (χ0v) is 4.87. The Morgan fingerprint density at radius 1 is 1.44 bits per heavy atom. The molecule has 54 valence electrons. The third kappa shape index (κ3) is 1.67. The summed E-state index contributed by atoms with van der Waals surface area (Å²) in [5.74, 6) is 0. The normalized spacial score (nSPS) is 18.8. The maximum atomic E-state index is 11.6. The average Bonchev–Trinajstić information content (AvgIpc) is 1.64. The molecule has 0 aliphatic heterocycles. The Morgan fingerprint density at radius 2 is 1.78 bits per heavy atom. The van der Waals surface area contributed by atoms with Crippen LogP contribution in [0.4, 0.5) is 13.2 Å². The standard InChI is InChI=1S/C4H7F3N2/c1-3(8,9-2)4(5,6)7/h2,8H2,1H3/t3-/m1/s1. The second kappa shape index (κ2) is 1.98. The molecule has 0 saturated carbocycles. The quantitative estimate of drug-likeness (QED) is 0.540. The fourth-order valence-corrected chi connectivity index (χ4v) is 0.0896. The van der Waals surface area contributed by atoms with Gasteiger partial charge < -0.3 is 0 Å². The van der Waals surface area contributed by atoms with E-state index in [4.69, 9.17) is 0 Å². The van der Waals surface area contributed by atoms with Crippen molar-refractivity contribution >= 4 is 6.72 Å². The Bertz CT molecular complexity index is 115. The van der Waals surface area contributed by atoms with Crippen molar-refractivity contribution < 1.29 is 13.2 Å². The highest BCUT2D eigenvalue weighted by atomic mass is 19.4. The molecular weight excluding hydrogens is 133 g/mol. The van der Waals surface area contributed by atoms with Gasteiger partial charge in [-0.05, 0) is 13.6 Å². The molecule has 0 fully saturated rings. The lowest BCUT2D eigenvalue weighted by Gasteiger charge is -2.21. The maximum absolute atomic E-state index is 11.6. The molecule has 2 N–H and O–H groups in total. The van der Waals surface area contributed by atoms with Crippen molar-refractivity contribution in [3.05, 3.63) is 0 Å². The first kappa shape index (κ1) is 8.42. The number of nitrogens with zero attached hydrogens (tertiary/aromatic N) is 1. The number of hydrogen-bond acceptors (Lipinski definition) is 2. The van der Waals surface area contributed by atoms with Crippen molar-refractivity contribution in [2.45, 2.75) is 18.8 Å². The average molecular weight is 140 g/mol. The third-order valence-electron chi connectivity index (χ3n) is 0.902. The van der Waals surface area contributed by atoms with Gasteiger partial charge in [0.1, 0.15) is 0 Å². The molecule has 0 aliphatic carbocycles. The Balaban J connectivity index is 4.32. The first-order valence-corrected chi connectivity index (χ1v) is 2.15. The van der Waals surface area contributed by atoms with Gasteiger partial charge in [0.05, 0.1) is 0 Å². The minimum Gasteiger partial charge on any atom is -0.300 e. The molecule has 0 aromatic heterocycles. The lowest BCUT2D eigenvalue weighted by Crippen LogP contribution is -2.48. The van der Waals surface area contributed by atoms with E-state index in [-0.39, 0.29) is 0 Å². The molecule has 0 aromatic rings. The zero-order valence-electron chi connectivity index (χ0n) is 4.87. The molecule has 0 radical (unpaired) electrons. The summed E-state index contributed by atoms with van der Waals surface area (Å²) in [4.78, 5) is 2.69. The summed E-state index contributed by atoms with van der Waals surface area (Å²) in [7, 11) is 0. The molecule has 0 rings (SSSR count). The van der Waals surface area contributed by atoms with E-state index in [1.807, 2.05) is 0 Å². The van der Waals surface area contributed by atoms with E-state index in [9.17, 15) is 13.2 Å². The van der Waals surface area contributed by atoms with Gasteiger partial charge in [0.2, 0.25) is 5.66 Å². The largest absolute Gasteiger partial charge is 0.426 e. The molecule has 0 spiro atoms. The molecule has 0 amide bonds. The van der Waals surface area contributed by atoms with Gasteiger partial charge in [-0.1, -0.05) is 0 Å². The number of hydrogen-bond donors (Lipinski definition) is 1. The van der Waals surface area contributed by atoms with Crippen LogP contribution in [0.5, 0.6) is 0 Å². The fourth-order valence-electron chi connectivity index (χ4n) is 0.0896. The van der Waals surface area contributed by atoms with E-state index in [0.717, 1.165) is 6.92 Å². The van der Waals surface area contributed by atoms with Crippen LogP contribution in [0.15, 0.2) is 4.99 Å². The smallest absolute Gasteiger partial charge is 0.300 e. The van der Waals surface area contributed by atoms with Gasteiger partial charge in [0.15, 0.2) is 0 Å². The number of aliphatic imine (C=N–C) groups is 1. The van der Waals surface area contributed by atoms with Crippen LogP contribution in [-0.2, 0) is 0 Å². The van der Waals surface area contributed by atoms with E-state index in [1.54, 1.807) is 0 Å². The molecule has 0 heterocycles. The summed E-state index contributed by atoms with van der Waals surface area (Å²) in [6.07, 6.45) is -4.51. The van der Waals surface area contributed by atoms with Crippen molar-refractivity contribution in [3.8, 4) is 0 Å². The molecule has 1 atom stereocenters. The first-order chi connectivity index (χ1) is 3.81. The van der Waals surface area contributed by atoms with E-state index >= 15 is 0 Å². The Labute approximate surface area is 50.6 Å². The second-order valence-corrected chi connectivity index (χ2v) is 1.80. The van der Waals surface area contributed by atoms with Crippen molar-refractivity contribution in [2.24, 2.45) is 10.7 Å². The van der Waals surface area contributed by atoms with Crippen LogP contribution in [0.2, 0.25) is 0 Å². The van der Waals surface area contributed by atoms with Crippen LogP contribution in [0.1, 0.15) is 6.92 Å². The second-order valence-electron chi connectivity index (χ2n) is 1.80. The highest BCUT2D eigenvalue weighted by Gasteiger charge is 2.47. The van der Waals surface area contributed by atoms with Crippen molar-refractivity contribution in [2.75, 3.05) is 0 Å². The highest BCUT2D eigenvalue weighted by molar-refractivity contribution is 5.25. The predicted octanol–water partition coefficient (Wildman–Crippen LogP) is 0.924. The van der Waals surface area contributed by atoms with Crippen molar-refractivity contribution in [1.82, 2.24) is 0 Å².